The molecule has 1 N–H and O–H groups in total. The third-order valence-electron chi connectivity index (χ3n) is 3.50. The van der Waals surface area contributed by atoms with E-state index < -0.39 is 15.8 Å². The highest BCUT2D eigenvalue weighted by atomic mass is 32.2. The average Bonchev–Trinajstić information content (AvgIpc) is 3.01. The Morgan fingerprint density at radius 2 is 2.17 bits per heavy atom. The Hall–Kier alpha value is -2.51. The topological polar surface area (TPSA) is 64.0 Å². The normalized spacial score (nSPS) is 11.6. The third kappa shape index (κ3) is 2.95. The molecule has 0 unspecified atom stereocenters. The van der Waals surface area contributed by atoms with E-state index in [1.165, 1.54) is 36.8 Å². The fourth-order valence-electron chi connectivity index (χ4n) is 2.42. The van der Waals surface area contributed by atoms with Crippen LogP contribution >= 0.6 is 0 Å². The molecule has 0 amide bonds. The molecular weight excluding hydrogens is 329 g/mol. The fraction of sp³-hybridized carbons (Fsp3) is 0.118. The first-order valence-corrected chi connectivity index (χ1v) is 8.66. The van der Waals surface area contributed by atoms with Crippen molar-refractivity contribution in [3.8, 4) is 11.3 Å². The molecule has 2 aromatic heterocycles. The second-order valence-corrected chi connectivity index (χ2v) is 6.97. The highest BCUT2D eigenvalue weighted by Crippen LogP contribution is 2.28. The number of aromatic nitrogens is 2. The van der Waals surface area contributed by atoms with Crippen LogP contribution in [0.5, 0.6) is 0 Å². The summed E-state index contributed by atoms with van der Waals surface area (Å²) in [5.41, 5.74) is 1.15. The first-order chi connectivity index (χ1) is 11.5. The van der Waals surface area contributed by atoms with Gasteiger partial charge in [0.15, 0.2) is 0 Å². The van der Waals surface area contributed by atoms with Crippen molar-refractivity contribution in [2.24, 2.45) is 0 Å². The van der Waals surface area contributed by atoms with Crippen molar-refractivity contribution in [3.63, 3.8) is 0 Å². The lowest BCUT2D eigenvalue weighted by Gasteiger charge is -2.10. The fourth-order valence-corrected chi connectivity index (χ4v) is 3.78. The van der Waals surface area contributed by atoms with E-state index in [9.17, 15) is 12.8 Å². The first kappa shape index (κ1) is 16.4. The van der Waals surface area contributed by atoms with Gasteiger partial charge in [0.1, 0.15) is 10.7 Å². The smallest absolute Gasteiger partial charge is 0.269 e. The van der Waals surface area contributed by atoms with Crippen LogP contribution in [0.1, 0.15) is 5.56 Å². The summed E-state index contributed by atoms with van der Waals surface area (Å²) >= 11 is 0. The maximum absolute atomic E-state index is 14.1. The molecule has 1 radical (unpaired) electrons. The molecule has 0 fully saturated rings. The molecule has 2 heterocycles. The monoisotopic (exact) mass is 344 g/mol. The highest BCUT2D eigenvalue weighted by Gasteiger charge is 2.23. The molecule has 0 aliphatic carbocycles. The van der Waals surface area contributed by atoms with Crippen LogP contribution in [0.3, 0.4) is 0 Å². The summed E-state index contributed by atoms with van der Waals surface area (Å²) in [6, 6.07) is 11.7. The third-order valence-corrected chi connectivity index (χ3v) is 5.15. The van der Waals surface area contributed by atoms with Crippen molar-refractivity contribution >= 4 is 10.0 Å². The number of pyridine rings is 1. The number of hydrogen-bond acceptors (Lipinski definition) is 4. The zero-order chi connectivity index (χ0) is 17.2. The van der Waals surface area contributed by atoms with Gasteiger partial charge in [0.25, 0.3) is 10.0 Å². The van der Waals surface area contributed by atoms with Crippen LogP contribution in [-0.4, -0.2) is 24.4 Å². The van der Waals surface area contributed by atoms with Gasteiger partial charge in [-0.1, -0.05) is 12.1 Å². The molecule has 24 heavy (non-hydrogen) atoms. The van der Waals surface area contributed by atoms with Crippen LogP contribution in [0.2, 0.25) is 0 Å². The lowest BCUT2D eigenvalue weighted by molar-refractivity contribution is 0.587. The Labute approximate surface area is 139 Å². The summed E-state index contributed by atoms with van der Waals surface area (Å²) in [4.78, 5) is 3.89. The van der Waals surface area contributed by atoms with Gasteiger partial charge in [-0.25, -0.2) is 16.8 Å². The largest absolute Gasteiger partial charge is 0.316 e. The van der Waals surface area contributed by atoms with Crippen LogP contribution in [-0.2, 0) is 16.6 Å². The van der Waals surface area contributed by atoms with Gasteiger partial charge < -0.3 is 5.32 Å². The van der Waals surface area contributed by atoms with E-state index in [-0.39, 0.29) is 16.2 Å². The molecule has 0 spiro atoms. The number of rotatable bonds is 5. The number of hydrogen-bond donors (Lipinski definition) is 1. The summed E-state index contributed by atoms with van der Waals surface area (Å²) in [6.45, 7) is 0.459. The van der Waals surface area contributed by atoms with E-state index in [1.54, 1.807) is 25.2 Å². The minimum Gasteiger partial charge on any atom is -0.316 e. The van der Waals surface area contributed by atoms with Gasteiger partial charge in [0, 0.05) is 36.8 Å². The Kier molecular flexibility index (Phi) is 4.46. The van der Waals surface area contributed by atoms with Crippen LogP contribution in [0.25, 0.3) is 11.3 Å². The quantitative estimate of drug-likeness (QED) is 0.772. The zero-order valence-electron chi connectivity index (χ0n) is 12.9. The predicted molar refractivity (Wildman–Crippen MR) is 88.2 cm³/mol. The van der Waals surface area contributed by atoms with Crippen molar-refractivity contribution in [3.05, 3.63) is 72.4 Å². The molecule has 0 aliphatic heterocycles. The van der Waals surface area contributed by atoms with Gasteiger partial charge in [0.2, 0.25) is 0 Å². The zero-order valence-corrected chi connectivity index (χ0v) is 13.7. The minimum absolute atomic E-state index is 0.0400. The first-order valence-electron chi connectivity index (χ1n) is 7.22. The van der Waals surface area contributed by atoms with Crippen molar-refractivity contribution in [1.82, 2.24) is 14.3 Å². The van der Waals surface area contributed by atoms with Gasteiger partial charge in [0.05, 0.1) is 5.69 Å². The van der Waals surface area contributed by atoms with Gasteiger partial charge in [-0.15, -0.1) is 0 Å². The van der Waals surface area contributed by atoms with E-state index in [1.807, 2.05) is 0 Å². The molecule has 3 rings (SSSR count). The van der Waals surface area contributed by atoms with E-state index >= 15 is 0 Å². The van der Waals surface area contributed by atoms with Crippen LogP contribution in [0, 0.1) is 11.9 Å². The number of halogens is 1. The maximum atomic E-state index is 14.1. The van der Waals surface area contributed by atoms with E-state index in [0.717, 1.165) is 9.54 Å². The van der Waals surface area contributed by atoms with Gasteiger partial charge >= 0.3 is 0 Å². The summed E-state index contributed by atoms with van der Waals surface area (Å²) in [5.74, 6) is -0.603. The van der Waals surface area contributed by atoms with Gasteiger partial charge in [-0.2, -0.15) is 0 Å². The number of nitrogens with one attached hydrogen (secondary N) is 1. The number of benzene rings is 1. The summed E-state index contributed by atoms with van der Waals surface area (Å²) in [7, 11) is -2.13. The van der Waals surface area contributed by atoms with Crippen LogP contribution in [0.15, 0.2) is 59.9 Å². The van der Waals surface area contributed by atoms with E-state index in [4.69, 9.17) is 0 Å². The Bertz CT molecular complexity index is 953. The molecular formula is C17H15FN3O2S. The summed E-state index contributed by atoms with van der Waals surface area (Å²) < 4.78 is 41.1. The van der Waals surface area contributed by atoms with Crippen LogP contribution in [0.4, 0.5) is 4.39 Å². The van der Waals surface area contributed by atoms with E-state index in [0.29, 0.717) is 6.54 Å². The van der Waals surface area contributed by atoms with Crippen molar-refractivity contribution < 1.29 is 12.8 Å². The lowest BCUT2D eigenvalue weighted by atomic mass is 10.1. The standard InChI is InChI=1S/C17H15FN3O2S/c1-19-10-13-9-17(15-6-2-3-7-16(15)18)21(12-13)24(22,23)14-5-4-8-20-11-14/h2-6,8-9,11-12,19H,10H2,1H3. The Morgan fingerprint density at radius 1 is 1.33 bits per heavy atom. The molecule has 5 nitrogen and oxygen atoms in total. The van der Waals surface area contributed by atoms with E-state index in [2.05, 4.69) is 16.4 Å². The summed E-state index contributed by atoms with van der Waals surface area (Å²) in [5, 5.41) is 2.96. The molecule has 123 valence electrons. The van der Waals surface area contributed by atoms with Crippen molar-refractivity contribution in [1.29, 1.82) is 0 Å². The average molecular weight is 344 g/mol. The molecule has 0 bridgehead atoms. The Morgan fingerprint density at radius 3 is 2.83 bits per heavy atom. The van der Waals surface area contributed by atoms with Gasteiger partial charge in [-0.05, 0) is 36.9 Å². The SMILES string of the molecule is CNCc1cc(-c2ccc[c]c2F)n(S(=O)(=O)c2cccnc2)c1. The van der Waals surface area contributed by atoms with Crippen molar-refractivity contribution in [2.45, 2.75) is 11.4 Å². The molecule has 0 atom stereocenters. The summed E-state index contributed by atoms with van der Waals surface area (Å²) in [6.07, 6.45) is 4.25. The second kappa shape index (κ2) is 6.54. The number of nitrogens with zero attached hydrogens (tertiary/aromatic N) is 2. The lowest BCUT2D eigenvalue weighted by Crippen LogP contribution is -2.14. The highest BCUT2D eigenvalue weighted by molar-refractivity contribution is 7.90. The molecule has 0 aliphatic rings. The van der Waals surface area contributed by atoms with Crippen molar-refractivity contribution in [2.75, 3.05) is 7.05 Å². The van der Waals surface area contributed by atoms with Gasteiger partial charge in [-0.3, -0.25) is 4.98 Å². The minimum atomic E-state index is -3.89. The molecule has 1 aromatic carbocycles. The maximum Gasteiger partial charge on any atom is 0.269 e. The molecule has 0 saturated heterocycles. The Balaban J connectivity index is 2.23. The predicted octanol–water partition coefficient (Wildman–Crippen LogP) is 2.45. The van der Waals surface area contributed by atoms with Crippen LogP contribution < -0.4 is 5.32 Å². The molecule has 7 heteroatoms. The molecule has 3 aromatic rings. The second-order valence-electron chi connectivity index (χ2n) is 5.15. The molecule has 0 saturated carbocycles.